The molecule has 0 amide bonds. The summed E-state index contributed by atoms with van der Waals surface area (Å²) in [4.78, 5) is 7.31. The summed E-state index contributed by atoms with van der Waals surface area (Å²) in [5.41, 5.74) is 1.13. The number of guanidine groups is 1. The molecule has 0 spiro atoms. The van der Waals surface area contributed by atoms with Gasteiger partial charge in [0.2, 0.25) is 0 Å². The fourth-order valence-electron chi connectivity index (χ4n) is 4.68. The highest BCUT2D eigenvalue weighted by Gasteiger charge is 2.53. The van der Waals surface area contributed by atoms with Crippen molar-refractivity contribution in [3.8, 4) is 0 Å². The number of rotatable bonds is 4. The molecule has 0 aromatic heterocycles. The molecule has 5 atom stereocenters. The van der Waals surface area contributed by atoms with E-state index in [1.165, 1.54) is 25.0 Å². The monoisotopic (exact) mass is 345 g/mol. The zero-order valence-electron chi connectivity index (χ0n) is 15.1. The SMILES string of the molecule is CCNC(=NCC(C)c1ccc(F)cc1)N1CC2C3CCC(O3)C2C1. The van der Waals surface area contributed by atoms with Crippen molar-refractivity contribution in [3.63, 3.8) is 0 Å². The highest BCUT2D eigenvalue weighted by atomic mass is 19.1. The lowest BCUT2D eigenvalue weighted by atomic mass is 9.82. The third-order valence-corrected chi connectivity index (χ3v) is 6.04. The maximum Gasteiger partial charge on any atom is 0.193 e. The number of ether oxygens (including phenoxy) is 1. The molecule has 0 saturated carbocycles. The third kappa shape index (κ3) is 3.26. The molecular weight excluding hydrogens is 317 g/mol. The second-order valence-electron chi connectivity index (χ2n) is 7.67. The van der Waals surface area contributed by atoms with Crippen molar-refractivity contribution in [1.29, 1.82) is 0 Å². The first-order valence-corrected chi connectivity index (χ1v) is 9.60. The van der Waals surface area contributed by atoms with Crippen molar-refractivity contribution in [2.75, 3.05) is 26.2 Å². The lowest BCUT2D eigenvalue weighted by molar-refractivity contribution is 0.0767. The van der Waals surface area contributed by atoms with Crippen molar-refractivity contribution in [3.05, 3.63) is 35.6 Å². The number of hydrogen-bond donors (Lipinski definition) is 1. The molecule has 5 unspecified atom stereocenters. The topological polar surface area (TPSA) is 36.9 Å². The summed E-state index contributed by atoms with van der Waals surface area (Å²) in [7, 11) is 0. The zero-order valence-corrected chi connectivity index (χ0v) is 15.1. The number of benzene rings is 1. The molecule has 2 bridgehead atoms. The van der Waals surface area contributed by atoms with Gasteiger partial charge in [-0.3, -0.25) is 4.99 Å². The molecule has 3 heterocycles. The van der Waals surface area contributed by atoms with Gasteiger partial charge in [-0.2, -0.15) is 0 Å². The molecule has 1 aromatic rings. The molecule has 3 fully saturated rings. The van der Waals surface area contributed by atoms with Gasteiger partial charge in [-0.1, -0.05) is 19.1 Å². The molecule has 4 nitrogen and oxygen atoms in total. The predicted molar refractivity (Wildman–Crippen MR) is 97.2 cm³/mol. The fourth-order valence-corrected chi connectivity index (χ4v) is 4.68. The second kappa shape index (κ2) is 6.94. The second-order valence-corrected chi connectivity index (χ2v) is 7.67. The summed E-state index contributed by atoms with van der Waals surface area (Å²) in [6, 6.07) is 6.77. The molecule has 4 rings (SSSR count). The molecule has 136 valence electrons. The Hall–Kier alpha value is -1.62. The average Bonchev–Trinajstić information content (AvgIpc) is 3.31. The number of nitrogens with zero attached hydrogens (tertiary/aromatic N) is 2. The molecule has 0 aliphatic carbocycles. The van der Waals surface area contributed by atoms with Crippen molar-refractivity contribution in [1.82, 2.24) is 10.2 Å². The van der Waals surface area contributed by atoms with E-state index in [1.807, 2.05) is 12.1 Å². The van der Waals surface area contributed by atoms with Crippen LogP contribution in [0.5, 0.6) is 0 Å². The Kier molecular flexibility index (Phi) is 4.67. The van der Waals surface area contributed by atoms with E-state index < -0.39 is 0 Å². The number of nitrogens with one attached hydrogen (secondary N) is 1. The van der Waals surface area contributed by atoms with Gasteiger partial charge < -0.3 is 15.0 Å². The molecule has 1 N–H and O–H groups in total. The summed E-state index contributed by atoms with van der Waals surface area (Å²) in [5.74, 6) is 2.46. The Labute approximate surface area is 149 Å². The highest BCUT2D eigenvalue weighted by Crippen LogP contribution is 2.47. The van der Waals surface area contributed by atoms with Crippen LogP contribution in [0.25, 0.3) is 0 Å². The van der Waals surface area contributed by atoms with Gasteiger partial charge in [0, 0.05) is 43.9 Å². The third-order valence-electron chi connectivity index (χ3n) is 6.04. The van der Waals surface area contributed by atoms with Gasteiger partial charge in [0.1, 0.15) is 5.82 Å². The number of halogens is 1. The fraction of sp³-hybridized carbons (Fsp3) is 0.650. The van der Waals surface area contributed by atoms with Crippen LogP contribution in [-0.2, 0) is 4.74 Å². The maximum absolute atomic E-state index is 13.1. The van der Waals surface area contributed by atoms with Gasteiger partial charge >= 0.3 is 0 Å². The standard InChI is InChI=1S/C20H28FN3O/c1-3-22-20(23-10-13(2)14-4-6-15(21)7-5-14)24-11-16-17(12-24)19-9-8-18(16)25-19/h4-7,13,16-19H,3,8-12H2,1-2H3,(H,22,23). The Balaban J connectivity index is 1.42. The number of aliphatic imine (C=N–C) groups is 1. The van der Waals surface area contributed by atoms with Crippen LogP contribution < -0.4 is 5.32 Å². The minimum atomic E-state index is -0.187. The molecular formula is C20H28FN3O. The first kappa shape index (κ1) is 16.8. The van der Waals surface area contributed by atoms with Gasteiger partial charge in [-0.25, -0.2) is 4.39 Å². The normalized spacial score (nSPS) is 32.1. The van der Waals surface area contributed by atoms with Gasteiger partial charge in [-0.15, -0.1) is 0 Å². The van der Waals surface area contributed by atoms with E-state index in [9.17, 15) is 4.39 Å². The predicted octanol–water partition coefficient (Wildman–Crippen LogP) is 3.00. The van der Waals surface area contributed by atoms with Crippen LogP contribution in [-0.4, -0.2) is 49.2 Å². The lowest BCUT2D eigenvalue weighted by Gasteiger charge is -2.24. The van der Waals surface area contributed by atoms with Crippen molar-refractivity contribution >= 4 is 5.96 Å². The Morgan fingerprint density at radius 3 is 2.48 bits per heavy atom. The summed E-state index contributed by atoms with van der Waals surface area (Å²) in [6.45, 7) is 7.96. The smallest absolute Gasteiger partial charge is 0.193 e. The van der Waals surface area contributed by atoms with E-state index in [4.69, 9.17) is 9.73 Å². The van der Waals surface area contributed by atoms with E-state index in [1.54, 1.807) is 0 Å². The van der Waals surface area contributed by atoms with Crippen LogP contribution in [0.2, 0.25) is 0 Å². The summed E-state index contributed by atoms with van der Waals surface area (Å²) in [5, 5.41) is 3.45. The van der Waals surface area contributed by atoms with Crippen molar-refractivity contribution in [2.24, 2.45) is 16.8 Å². The van der Waals surface area contributed by atoms with E-state index in [2.05, 4.69) is 24.1 Å². The molecule has 3 saturated heterocycles. The van der Waals surface area contributed by atoms with Crippen LogP contribution in [0.3, 0.4) is 0 Å². The van der Waals surface area contributed by atoms with E-state index >= 15 is 0 Å². The molecule has 5 heteroatoms. The largest absolute Gasteiger partial charge is 0.374 e. The molecule has 1 aromatic carbocycles. The van der Waals surface area contributed by atoms with Crippen LogP contribution in [0.15, 0.2) is 29.3 Å². The van der Waals surface area contributed by atoms with Crippen LogP contribution in [0.4, 0.5) is 4.39 Å². The number of likely N-dealkylation sites (tertiary alicyclic amines) is 1. The first-order chi connectivity index (χ1) is 12.2. The van der Waals surface area contributed by atoms with E-state index in [0.717, 1.165) is 31.2 Å². The average molecular weight is 345 g/mol. The molecule has 0 radical (unpaired) electrons. The summed E-state index contributed by atoms with van der Waals surface area (Å²) >= 11 is 0. The summed E-state index contributed by atoms with van der Waals surface area (Å²) < 4.78 is 19.2. The van der Waals surface area contributed by atoms with E-state index in [-0.39, 0.29) is 11.7 Å². The molecule has 25 heavy (non-hydrogen) atoms. The Morgan fingerprint density at radius 1 is 1.24 bits per heavy atom. The number of hydrogen-bond acceptors (Lipinski definition) is 2. The van der Waals surface area contributed by atoms with Gasteiger partial charge in [0.15, 0.2) is 5.96 Å². The highest BCUT2D eigenvalue weighted by molar-refractivity contribution is 5.80. The quantitative estimate of drug-likeness (QED) is 0.673. The van der Waals surface area contributed by atoms with Crippen LogP contribution in [0, 0.1) is 17.7 Å². The van der Waals surface area contributed by atoms with Gasteiger partial charge in [0.05, 0.1) is 12.2 Å². The first-order valence-electron chi connectivity index (χ1n) is 9.60. The van der Waals surface area contributed by atoms with Crippen molar-refractivity contribution in [2.45, 2.75) is 44.8 Å². The molecule has 3 aliphatic heterocycles. The number of fused-ring (bicyclic) bond motifs is 5. The summed E-state index contributed by atoms with van der Waals surface area (Å²) in [6.07, 6.45) is 3.41. The minimum Gasteiger partial charge on any atom is -0.374 e. The lowest BCUT2D eigenvalue weighted by Crippen LogP contribution is -2.41. The maximum atomic E-state index is 13.1. The zero-order chi connectivity index (χ0) is 17.4. The van der Waals surface area contributed by atoms with Crippen molar-refractivity contribution < 1.29 is 9.13 Å². The Morgan fingerprint density at radius 2 is 1.88 bits per heavy atom. The van der Waals surface area contributed by atoms with E-state index in [0.29, 0.717) is 30.6 Å². The van der Waals surface area contributed by atoms with Gasteiger partial charge in [-0.05, 0) is 37.5 Å². The minimum absolute atomic E-state index is 0.187. The molecule has 3 aliphatic rings. The van der Waals surface area contributed by atoms with Crippen LogP contribution >= 0.6 is 0 Å². The van der Waals surface area contributed by atoms with Crippen LogP contribution in [0.1, 0.15) is 38.2 Å². The Bertz CT molecular complexity index is 614. The van der Waals surface area contributed by atoms with Gasteiger partial charge in [0.25, 0.3) is 0 Å².